The highest BCUT2D eigenvalue weighted by Crippen LogP contribution is 2.20. The average molecular weight is 206 g/mol. The molecule has 0 aromatic carbocycles. The van der Waals surface area contributed by atoms with E-state index in [0.29, 0.717) is 12.0 Å². The highest BCUT2D eigenvalue weighted by atomic mass is 14.9. The lowest BCUT2D eigenvalue weighted by Crippen LogP contribution is -2.23. The lowest BCUT2D eigenvalue weighted by atomic mass is 9.98. The number of nitrogens with one attached hydrogen (secondary N) is 1. The Hall–Kier alpha value is -0.890. The molecule has 0 bridgehead atoms. The molecule has 1 aromatic heterocycles. The number of hydrogen-bond acceptors (Lipinski definition) is 2. The van der Waals surface area contributed by atoms with E-state index in [1.54, 1.807) is 0 Å². The van der Waals surface area contributed by atoms with Crippen LogP contribution in [0.3, 0.4) is 0 Å². The van der Waals surface area contributed by atoms with Crippen LogP contribution in [0.15, 0.2) is 24.5 Å². The van der Waals surface area contributed by atoms with Gasteiger partial charge in [-0.1, -0.05) is 20.8 Å². The van der Waals surface area contributed by atoms with E-state index in [4.69, 9.17) is 0 Å². The first kappa shape index (κ1) is 12.2. The van der Waals surface area contributed by atoms with Crippen LogP contribution < -0.4 is 5.32 Å². The Morgan fingerprint density at radius 2 is 1.93 bits per heavy atom. The van der Waals surface area contributed by atoms with Crippen molar-refractivity contribution < 1.29 is 0 Å². The van der Waals surface area contributed by atoms with Gasteiger partial charge >= 0.3 is 0 Å². The summed E-state index contributed by atoms with van der Waals surface area (Å²) >= 11 is 0. The maximum absolute atomic E-state index is 4.06. The van der Waals surface area contributed by atoms with Crippen molar-refractivity contribution >= 4 is 0 Å². The van der Waals surface area contributed by atoms with Gasteiger partial charge in [-0.05, 0) is 43.0 Å². The van der Waals surface area contributed by atoms with Crippen LogP contribution in [-0.2, 0) is 0 Å². The molecule has 0 saturated heterocycles. The normalized spacial score (nSPS) is 13.1. The van der Waals surface area contributed by atoms with E-state index in [0.717, 1.165) is 6.54 Å². The summed E-state index contributed by atoms with van der Waals surface area (Å²) in [6, 6.07) is 4.69. The third kappa shape index (κ3) is 4.43. The minimum atomic E-state index is 0.480. The molecule has 0 amide bonds. The van der Waals surface area contributed by atoms with Crippen LogP contribution in [0.4, 0.5) is 0 Å². The summed E-state index contributed by atoms with van der Waals surface area (Å²) in [4.78, 5) is 4.06. The summed E-state index contributed by atoms with van der Waals surface area (Å²) in [5.41, 5.74) is 1.35. The van der Waals surface area contributed by atoms with Gasteiger partial charge in [-0.3, -0.25) is 4.98 Å². The Balaban J connectivity index is 2.63. The standard InChI is InChI=1S/C13H22N2/c1-4-7-15-13(10-11(2)3)12-5-8-14-9-6-12/h5-6,8-9,11,13,15H,4,7,10H2,1-3H3. The topological polar surface area (TPSA) is 24.9 Å². The molecule has 84 valence electrons. The summed E-state index contributed by atoms with van der Waals surface area (Å²) in [5.74, 6) is 0.715. The van der Waals surface area contributed by atoms with Gasteiger partial charge in [0.25, 0.3) is 0 Å². The zero-order valence-electron chi connectivity index (χ0n) is 10.0. The minimum absolute atomic E-state index is 0.480. The molecule has 1 N–H and O–H groups in total. The molecule has 0 fully saturated rings. The average Bonchev–Trinajstić information content (AvgIpc) is 2.25. The van der Waals surface area contributed by atoms with Crippen LogP contribution >= 0.6 is 0 Å². The Kier molecular flexibility index (Phi) is 5.33. The highest BCUT2D eigenvalue weighted by Gasteiger charge is 2.11. The summed E-state index contributed by atoms with van der Waals surface area (Å²) in [6.07, 6.45) is 6.11. The maximum Gasteiger partial charge on any atom is 0.0323 e. The fourth-order valence-corrected chi connectivity index (χ4v) is 1.72. The zero-order chi connectivity index (χ0) is 11.1. The number of rotatable bonds is 6. The lowest BCUT2D eigenvalue weighted by molar-refractivity contribution is 0.430. The van der Waals surface area contributed by atoms with E-state index in [2.05, 4.69) is 43.2 Å². The second kappa shape index (κ2) is 6.57. The third-order valence-corrected chi connectivity index (χ3v) is 2.46. The van der Waals surface area contributed by atoms with E-state index in [-0.39, 0.29) is 0 Å². The van der Waals surface area contributed by atoms with Gasteiger partial charge in [0.05, 0.1) is 0 Å². The van der Waals surface area contributed by atoms with Crippen LogP contribution in [0, 0.1) is 5.92 Å². The highest BCUT2D eigenvalue weighted by molar-refractivity contribution is 5.14. The predicted molar refractivity (Wildman–Crippen MR) is 64.7 cm³/mol. The Morgan fingerprint density at radius 3 is 2.47 bits per heavy atom. The number of pyridine rings is 1. The van der Waals surface area contributed by atoms with Gasteiger partial charge in [-0.25, -0.2) is 0 Å². The summed E-state index contributed by atoms with van der Waals surface area (Å²) < 4.78 is 0. The first-order chi connectivity index (χ1) is 7.24. The smallest absolute Gasteiger partial charge is 0.0323 e. The molecule has 0 aliphatic heterocycles. The van der Waals surface area contributed by atoms with E-state index in [1.165, 1.54) is 18.4 Å². The molecule has 1 heterocycles. The Bertz CT molecular complexity index is 256. The van der Waals surface area contributed by atoms with Crippen LogP contribution in [-0.4, -0.2) is 11.5 Å². The van der Waals surface area contributed by atoms with Gasteiger partial charge in [-0.15, -0.1) is 0 Å². The van der Waals surface area contributed by atoms with Crippen LogP contribution in [0.1, 0.15) is 45.2 Å². The van der Waals surface area contributed by atoms with E-state index in [9.17, 15) is 0 Å². The fourth-order valence-electron chi connectivity index (χ4n) is 1.72. The molecule has 1 rings (SSSR count). The first-order valence-corrected chi connectivity index (χ1v) is 5.87. The van der Waals surface area contributed by atoms with E-state index >= 15 is 0 Å². The third-order valence-electron chi connectivity index (χ3n) is 2.46. The van der Waals surface area contributed by atoms with Crippen molar-refractivity contribution in [3.8, 4) is 0 Å². The molecule has 2 heteroatoms. The number of aromatic nitrogens is 1. The molecule has 0 aliphatic rings. The van der Waals surface area contributed by atoms with Gasteiger partial charge in [0.15, 0.2) is 0 Å². The van der Waals surface area contributed by atoms with Gasteiger partial charge in [-0.2, -0.15) is 0 Å². The zero-order valence-corrected chi connectivity index (χ0v) is 10.0. The van der Waals surface area contributed by atoms with Crippen molar-refractivity contribution in [1.82, 2.24) is 10.3 Å². The maximum atomic E-state index is 4.06. The number of nitrogens with zero attached hydrogens (tertiary/aromatic N) is 1. The molecule has 2 nitrogen and oxygen atoms in total. The lowest BCUT2D eigenvalue weighted by Gasteiger charge is -2.20. The minimum Gasteiger partial charge on any atom is -0.310 e. The van der Waals surface area contributed by atoms with Crippen LogP contribution in [0.25, 0.3) is 0 Å². The molecule has 0 radical (unpaired) electrons. The Morgan fingerprint density at radius 1 is 1.27 bits per heavy atom. The van der Waals surface area contributed by atoms with Gasteiger partial charge in [0.2, 0.25) is 0 Å². The summed E-state index contributed by atoms with van der Waals surface area (Å²) in [6.45, 7) is 7.81. The quantitative estimate of drug-likeness (QED) is 0.773. The second-order valence-corrected chi connectivity index (χ2v) is 4.42. The molecule has 0 aliphatic carbocycles. The fraction of sp³-hybridized carbons (Fsp3) is 0.615. The molecule has 0 spiro atoms. The molecule has 15 heavy (non-hydrogen) atoms. The van der Waals surface area contributed by atoms with Crippen molar-refractivity contribution in [2.45, 2.75) is 39.7 Å². The van der Waals surface area contributed by atoms with Gasteiger partial charge in [0.1, 0.15) is 0 Å². The van der Waals surface area contributed by atoms with Gasteiger partial charge in [0, 0.05) is 18.4 Å². The SMILES string of the molecule is CCCNC(CC(C)C)c1ccncc1. The number of hydrogen-bond donors (Lipinski definition) is 1. The van der Waals surface area contributed by atoms with Crippen molar-refractivity contribution in [3.05, 3.63) is 30.1 Å². The van der Waals surface area contributed by atoms with Crippen LogP contribution in [0.5, 0.6) is 0 Å². The van der Waals surface area contributed by atoms with Crippen LogP contribution in [0.2, 0.25) is 0 Å². The predicted octanol–water partition coefficient (Wildman–Crippen LogP) is 3.17. The molecule has 1 aromatic rings. The second-order valence-electron chi connectivity index (χ2n) is 4.42. The van der Waals surface area contributed by atoms with Crippen molar-refractivity contribution in [2.24, 2.45) is 5.92 Å². The molecule has 0 saturated carbocycles. The van der Waals surface area contributed by atoms with Crippen molar-refractivity contribution in [1.29, 1.82) is 0 Å². The summed E-state index contributed by atoms with van der Waals surface area (Å²) in [7, 11) is 0. The monoisotopic (exact) mass is 206 g/mol. The molecule has 1 atom stereocenters. The van der Waals surface area contributed by atoms with Crippen molar-refractivity contribution in [3.63, 3.8) is 0 Å². The molecule has 1 unspecified atom stereocenters. The largest absolute Gasteiger partial charge is 0.310 e. The van der Waals surface area contributed by atoms with Gasteiger partial charge < -0.3 is 5.32 Å². The van der Waals surface area contributed by atoms with E-state index < -0.39 is 0 Å². The van der Waals surface area contributed by atoms with E-state index in [1.807, 2.05) is 12.4 Å². The first-order valence-electron chi connectivity index (χ1n) is 5.87. The molecular weight excluding hydrogens is 184 g/mol. The van der Waals surface area contributed by atoms with Crippen molar-refractivity contribution in [2.75, 3.05) is 6.54 Å². The summed E-state index contributed by atoms with van der Waals surface area (Å²) in [5, 5.41) is 3.59. The molecular formula is C13H22N2. The Labute approximate surface area is 93.1 Å².